The van der Waals surface area contributed by atoms with E-state index in [2.05, 4.69) is 30.4 Å². The van der Waals surface area contributed by atoms with Gasteiger partial charge in [-0.3, -0.25) is 0 Å². The first-order valence-corrected chi connectivity index (χ1v) is 8.66. The first-order chi connectivity index (χ1) is 13.2. The van der Waals surface area contributed by atoms with Crippen molar-refractivity contribution in [1.29, 1.82) is 0 Å². The Morgan fingerprint density at radius 2 is 1.74 bits per heavy atom. The molecule has 0 bridgehead atoms. The molecule has 7 nitrogen and oxygen atoms in total. The topological polar surface area (TPSA) is 81.4 Å². The van der Waals surface area contributed by atoms with Crippen molar-refractivity contribution in [2.24, 2.45) is 0 Å². The van der Waals surface area contributed by atoms with Crippen LogP contribution in [-0.4, -0.2) is 29.7 Å². The van der Waals surface area contributed by atoms with Gasteiger partial charge in [0.05, 0.1) is 24.1 Å². The molecule has 1 aromatic carbocycles. The molecule has 0 saturated carbocycles. The molecule has 0 spiro atoms. The highest BCUT2D eigenvalue weighted by atomic mass is 15.3. The highest BCUT2D eigenvalue weighted by molar-refractivity contribution is 5.58. The quantitative estimate of drug-likeness (QED) is 0.590. The molecule has 0 radical (unpaired) electrons. The number of anilines is 1. The minimum Gasteiger partial charge on any atom is -0.347 e. The number of nitrogens with zero attached hydrogens (tertiary/aromatic N) is 6. The van der Waals surface area contributed by atoms with E-state index in [9.17, 15) is 0 Å². The molecule has 4 rings (SSSR count). The molecule has 1 N–H and O–H groups in total. The molecular formula is C20H19N7. The minimum absolute atomic E-state index is 0.468. The Morgan fingerprint density at radius 1 is 0.963 bits per heavy atom. The summed E-state index contributed by atoms with van der Waals surface area (Å²) in [5.41, 5.74) is 4.62. The number of rotatable bonds is 5. The monoisotopic (exact) mass is 357 g/mol. The summed E-state index contributed by atoms with van der Waals surface area (Å²) < 4.78 is 1.83. The average Bonchev–Trinajstić information content (AvgIpc) is 3.17. The fourth-order valence-corrected chi connectivity index (χ4v) is 2.82. The summed E-state index contributed by atoms with van der Waals surface area (Å²) in [7, 11) is 0. The van der Waals surface area contributed by atoms with Gasteiger partial charge in [-0.05, 0) is 38.1 Å². The van der Waals surface area contributed by atoms with Crippen molar-refractivity contribution in [2.45, 2.75) is 20.4 Å². The van der Waals surface area contributed by atoms with Crippen LogP contribution >= 0.6 is 0 Å². The van der Waals surface area contributed by atoms with Gasteiger partial charge in [-0.15, -0.1) is 0 Å². The van der Waals surface area contributed by atoms with Crippen molar-refractivity contribution >= 4 is 5.95 Å². The lowest BCUT2D eigenvalue weighted by molar-refractivity contribution is 0.880. The summed E-state index contributed by atoms with van der Waals surface area (Å²) in [6.45, 7) is 4.38. The third kappa shape index (κ3) is 3.98. The smallest absolute Gasteiger partial charge is 0.223 e. The zero-order valence-electron chi connectivity index (χ0n) is 15.2. The van der Waals surface area contributed by atoms with E-state index in [1.54, 1.807) is 12.4 Å². The molecular weight excluding hydrogens is 338 g/mol. The van der Waals surface area contributed by atoms with Gasteiger partial charge in [0.25, 0.3) is 0 Å². The van der Waals surface area contributed by atoms with Crippen LogP contribution in [0.25, 0.3) is 16.9 Å². The Morgan fingerprint density at radius 3 is 2.52 bits per heavy atom. The molecule has 0 fully saturated rings. The van der Waals surface area contributed by atoms with Crippen LogP contribution in [0.5, 0.6) is 0 Å². The van der Waals surface area contributed by atoms with E-state index in [1.165, 1.54) is 0 Å². The number of hydrogen-bond donors (Lipinski definition) is 1. The summed E-state index contributed by atoms with van der Waals surface area (Å²) >= 11 is 0. The molecule has 0 aliphatic rings. The second-order valence-electron chi connectivity index (χ2n) is 6.20. The molecule has 7 heteroatoms. The molecule has 4 aromatic rings. The molecule has 3 heterocycles. The number of aromatic nitrogens is 6. The van der Waals surface area contributed by atoms with Gasteiger partial charge in [-0.25, -0.2) is 24.6 Å². The predicted octanol–water partition coefficient (Wildman–Crippen LogP) is 3.35. The highest BCUT2D eigenvalue weighted by Crippen LogP contribution is 2.19. The van der Waals surface area contributed by atoms with Crippen LogP contribution in [0.1, 0.15) is 17.2 Å². The van der Waals surface area contributed by atoms with Crippen LogP contribution in [0.3, 0.4) is 0 Å². The van der Waals surface area contributed by atoms with Gasteiger partial charge in [-0.1, -0.05) is 18.2 Å². The number of para-hydroxylation sites is 1. The van der Waals surface area contributed by atoms with Crippen LogP contribution in [0.4, 0.5) is 5.95 Å². The molecule has 0 saturated heterocycles. The van der Waals surface area contributed by atoms with Crippen molar-refractivity contribution in [3.63, 3.8) is 0 Å². The lowest BCUT2D eigenvalue weighted by atomic mass is 10.2. The average molecular weight is 357 g/mol. The van der Waals surface area contributed by atoms with E-state index in [0.29, 0.717) is 12.5 Å². The van der Waals surface area contributed by atoms with Crippen LogP contribution in [0, 0.1) is 13.8 Å². The van der Waals surface area contributed by atoms with E-state index >= 15 is 0 Å². The Hall–Kier alpha value is -3.61. The molecule has 0 atom stereocenters. The van der Waals surface area contributed by atoms with E-state index in [4.69, 9.17) is 0 Å². The van der Waals surface area contributed by atoms with Crippen LogP contribution in [0.2, 0.25) is 0 Å². The van der Waals surface area contributed by atoms with Gasteiger partial charge in [0.2, 0.25) is 5.95 Å². The van der Waals surface area contributed by atoms with E-state index in [1.807, 2.05) is 67.2 Å². The van der Waals surface area contributed by atoms with E-state index < -0.39 is 0 Å². The van der Waals surface area contributed by atoms with Crippen molar-refractivity contribution < 1.29 is 0 Å². The summed E-state index contributed by atoms with van der Waals surface area (Å²) in [6, 6.07) is 13.8. The maximum absolute atomic E-state index is 4.58. The van der Waals surface area contributed by atoms with Crippen molar-refractivity contribution in [1.82, 2.24) is 29.7 Å². The molecule has 134 valence electrons. The lowest BCUT2D eigenvalue weighted by Crippen LogP contribution is -2.08. The number of aryl methyl sites for hydroxylation is 2. The summed E-state index contributed by atoms with van der Waals surface area (Å²) in [5.74, 6) is 1.25. The van der Waals surface area contributed by atoms with Crippen molar-refractivity contribution in [3.05, 3.63) is 78.3 Å². The third-order valence-electron chi connectivity index (χ3n) is 3.99. The zero-order chi connectivity index (χ0) is 18.6. The molecule has 0 aliphatic carbocycles. The Kier molecular flexibility index (Phi) is 4.57. The van der Waals surface area contributed by atoms with Crippen LogP contribution in [0.15, 0.2) is 61.1 Å². The van der Waals surface area contributed by atoms with E-state index in [0.717, 1.165) is 34.2 Å². The van der Waals surface area contributed by atoms with Crippen LogP contribution in [-0.2, 0) is 6.54 Å². The second-order valence-corrected chi connectivity index (χ2v) is 6.20. The summed E-state index contributed by atoms with van der Waals surface area (Å²) in [6.07, 6.45) is 5.48. The van der Waals surface area contributed by atoms with Gasteiger partial charge < -0.3 is 5.32 Å². The van der Waals surface area contributed by atoms with Crippen molar-refractivity contribution in [2.75, 3.05) is 5.32 Å². The fraction of sp³-hybridized carbons (Fsp3) is 0.150. The zero-order valence-corrected chi connectivity index (χ0v) is 15.2. The van der Waals surface area contributed by atoms with Gasteiger partial charge in [-0.2, -0.15) is 5.10 Å². The maximum atomic E-state index is 4.58. The Labute approximate surface area is 157 Å². The molecule has 0 aliphatic heterocycles. The fourth-order valence-electron chi connectivity index (χ4n) is 2.82. The summed E-state index contributed by atoms with van der Waals surface area (Å²) in [4.78, 5) is 17.7. The van der Waals surface area contributed by atoms with Gasteiger partial charge in [0, 0.05) is 29.3 Å². The van der Waals surface area contributed by atoms with Gasteiger partial charge in [0.1, 0.15) is 5.82 Å². The molecule has 3 aromatic heterocycles. The van der Waals surface area contributed by atoms with Gasteiger partial charge >= 0.3 is 0 Å². The molecule has 27 heavy (non-hydrogen) atoms. The second kappa shape index (κ2) is 7.33. The normalized spacial score (nSPS) is 10.7. The predicted molar refractivity (Wildman–Crippen MR) is 103 cm³/mol. The Bertz CT molecular complexity index is 1040. The maximum Gasteiger partial charge on any atom is 0.223 e. The van der Waals surface area contributed by atoms with E-state index in [-0.39, 0.29) is 0 Å². The summed E-state index contributed by atoms with van der Waals surface area (Å²) in [5, 5.41) is 7.61. The van der Waals surface area contributed by atoms with Crippen LogP contribution < -0.4 is 5.32 Å². The number of hydrogen-bond acceptors (Lipinski definition) is 6. The third-order valence-corrected chi connectivity index (χ3v) is 3.99. The molecule has 0 unspecified atom stereocenters. The first-order valence-electron chi connectivity index (χ1n) is 8.66. The highest BCUT2D eigenvalue weighted by Gasteiger charge is 2.07. The van der Waals surface area contributed by atoms with Crippen molar-refractivity contribution in [3.8, 4) is 16.9 Å². The first kappa shape index (κ1) is 16.8. The lowest BCUT2D eigenvalue weighted by Gasteiger charge is -2.06. The van der Waals surface area contributed by atoms with Gasteiger partial charge in [0.15, 0.2) is 0 Å². The SMILES string of the molecule is Cc1cc(C)nc(CNc2nccc(-c3cnn(-c4ccccc4)c3)n2)n1. The largest absolute Gasteiger partial charge is 0.347 e. The number of benzene rings is 1. The Balaban J connectivity index is 1.52. The number of nitrogens with one attached hydrogen (secondary N) is 1. The standard InChI is InChI=1S/C20H19N7/c1-14-10-15(2)25-19(24-14)12-22-20-21-9-8-18(26-20)16-11-23-27(13-16)17-6-4-3-5-7-17/h3-11,13H,12H2,1-2H3,(H,21,22,26). The minimum atomic E-state index is 0.468. The molecule has 0 amide bonds.